The standard InChI is InChI=1S/C22H19BrN4O3/c1-14-3-8-18(17(23)11-14)24-21(28)13-26-9-10-27-20(22(26)29)12-19(25-27)15-4-6-16(30-2)7-5-15/h3-12H,13H2,1-2H3,(H,24,28). The Kier molecular flexibility index (Phi) is 5.41. The van der Waals surface area contributed by atoms with Crippen molar-refractivity contribution >= 4 is 33.0 Å². The number of halogens is 1. The van der Waals surface area contributed by atoms with Crippen molar-refractivity contribution in [2.75, 3.05) is 12.4 Å². The van der Waals surface area contributed by atoms with Gasteiger partial charge in [0.25, 0.3) is 5.56 Å². The fourth-order valence-electron chi connectivity index (χ4n) is 3.12. The van der Waals surface area contributed by atoms with E-state index in [2.05, 4.69) is 26.3 Å². The van der Waals surface area contributed by atoms with Gasteiger partial charge in [-0.2, -0.15) is 5.10 Å². The average Bonchev–Trinajstić information content (AvgIpc) is 3.17. The topological polar surface area (TPSA) is 77.6 Å². The van der Waals surface area contributed by atoms with Crippen molar-refractivity contribution in [3.63, 3.8) is 0 Å². The highest BCUT2D eigenvalue weighted by Gasteiger charge is 2.12. The van der Waals surface area contributed by atoms with Crippen molar-refractivity contribution in [1.82, 2.24) is 14.2 Å². The molecule has 2 heterocycles. The number of aromatic nitrogens is 3. The van der Waals surface area contributed by atoms with Crippen LogP contribution in [0.15, 0.2) is 70.2 Å². The summed E-state index contributed by atoms with van der Waals surface area (Å²) in [4.78, 5) is 25.3. The van der Waals surface area contributed by atoms with Crippen LogP contribution in [0, 0.1) is 6.92 Å². The van der Waals surface area contributed by atoms with Gasteiger partial charge in [0.1, 0.15) is 17.8 Å². The number of amides is 1. The van der Waals surface area contributed by atoms with Crippen LogP contribution in [-0.2, 0) is 11.3 Å². The first-order valence-corrected chi connectivity index (χ1v) is 10.0. The summed E-state index contributed by atoms with van der Waals surface area (Å²) in [5, 5.41) is 7.29. The molecule has 0 atom stereocenters. The molecule has 0 saturated carbocycles. The maximum atomic E-state index is 12.9. The molecule has 1 N–H and O–H groups in total. The summed E-state index contributed by atoms with van der Waals surface area (Å²) >= 11 is 3.44. The van der Waals surface area contributed by atoms with Crippen molar-refractivity contribution in [2.45, 2.75) is 13.5 Å². The lowest BCUT2D eigenvalue weighted by Gasteiger charge is -2.09. The van der Waals surface area contributed by atoms with E-state index in [4.69, 9.17) is 4.74 Å². The molecule has 0 unspecified atom stereocenters. The van der Waals surface area contributed by atoms with Gasteiger partial charge in [-0.15, -0.1) is 0 Å². The van der Waals surface area contributed by atoms with E-state index in [1.165, 1.54) is 9.08 Å². The van der Waals surface area contributed by atoms with Gasteiger partial charge in [0.15, 0.2) is 0 Å². The van der Waals surface area contributed by atoms with Crippen molar-refractivity contribution in [3.8, 4) is 17.0 Å². The van der Waals surface area contributed by atoms with E-state index in [0.29, 0.717) is 16.9 Å². The van der Waals surface area contributed by atoms with Crippen molar-refractivity contribution in [3.05, 3.63) is 81.3 Å². The molecule has 4 aromatic rings. The molecule has 4 rings (SSSR count). The SMILES string of the molecule is COc1ccc(-c2cc3c(=O)n(CC(=O)Nc4ccc(C)cc4Br)ccn3n2)cc1. The number of methoxy groups -OCH3 is 1. The monoisotopic (exact) mass is 466 g/mol. The fourth-order valence-corrected chi connectivity index (χ4v) is 3.71. The molecule has 30 heavy (non-hydrogen) atoms. The van der Waals surface area contributed by atoms with Gasteiger partial charge in [0, 0.05) is 22.4 Å². The second-order valence-corrected chi connectivity index (χ2v) is 7.70. The quantitative estimate of drug-likeness (QED) is 0.484. The summed E-state index contributed by atoms with van der Waals surface area (Å²) in [5.74, 6) is 0.456. The third-order valence-electron chi connectivity index (χ3n) is 4.70. The Hall–Kier alpha value is -3.39. The number of hydrogen-bond donors (Lipinski definition) is 1. The van der Waals surface area contributed by atoms with E-state index in [9.17, 15) is 9.59 Å². The lowest BCUT2D eigenvalue weighted by molar-refractivity contribution is -0.116. The Balaban J connectivity index is 1.58. The third kappa shape index (κ3) is 3.99. The maximum Gasteiger partial charge on any atom is 0.277 e. The van der Waals surface area contributed by atoms with Crippen LogP contribution >= 0.6 is 15.9 Å². The number of ether oxygens (including phenoxy) is 1. The number of carbonyl (C=O) groups is 1. The lowest BCUT2D eigenvalue weighted by atomic mass is 10.1. The molecule has 7 nitrogen and oxygen atoms in total. The van der Waals surface area contributed by atoms with Crippen LogP contribution in [0.5, 0.6) is 5.75 Å². The van der Waals surface area contributed by atoms with Crippen LogP contribution in [0.25, 0.3) is 16.8 Å². The Morgan fingerprint density at radius 2 is 1.90 bits per heavy atom. The maximum absolute atomic E-state index is 12.9. The van der Waals surface area contributed by atoms with Gasteiger partial charge in [-0.05, 0) is 70.9 Å². The van der Waals surface area contributed by atoms with Crippen LogP contribution in [0.1, 0.15) is 5.56 Å². The smallest absolute Gasteiger partial charge is 0.277 e. The number of anilines is 1. The van der Waals surface area contributed by atoms with Gasteiger partial charge >= 0.3 is 0 Å². The predicted octanol–water partition coefficient (Wildman–Crippen LogP) is 3.88. The summed E-state index contributed by atoms with van der Waals surface area (Å²) in [6, 6.07) is 14.8. The minimum atomic E-state index is -0.291. The van der Waals surface area contributed by atoms with Crippen LogP contribution in [0.4, 0.5) is 5.69 Å². The van der Waals surface area contributed by atoms with Crippen LogP contribution in [-0.4, -0.2) is 27.2 Å². The molecule has 2 aromatic carbocycles. The Labute approximate surface area is 181 Å². The van der Waals surface area contributed by atoms with E-state index in [0.717, 1.165) is 21.3 Å². The second-order valence-electron chi connectivity index (χ2n) is 6.85. The van der Waals surface area contributed by atoms with E-state index < -0.39 is 0 Å². The number of rotatable bonds is 5. The number of benzene rings is 2. The van der Waals surface area contributed by atoms with Crippen LogP contribution in [0.2, 0.25) is 0 Å². The molecule has 8 heteroatoms. The molecular weight excluding hydrogens is 448 g/mol. The van der Waals surface area contributed by atoms with Crippen LogP contribution < -0.4 is 15.6 Å². The van der Waals surface area contributed by atoms with Gasteiger partial charge in [-0.1, -0.05) is 6.07 Å². The number of carbonyl (C=O) groups excluding carboxylic acids is 1. The number of hydrogen-bond acceptors (Lipinski definition) is 4. The molecule has 0 saturated heterocycles. The molecular formula is C22H19BrN4O3. The van der Waals surface area contributed by atoms with E-state index in [1.807, 2.05) is 49.4 Å². The van der Waals surface area contributed by atoms with Crippen molar-refractivity contribution in [1.29, 1.82) is 0 Å². The molecule has 0 radical (unpaired) electrons. The van der Waals surface area contributed by atoms with Gasteiger partial charge in [0.2, 0.25) is 5.91 Å². The molecule has 0 aliphatic heterocycles. The summed E-state index contributed by atoms with van der Waals surface area (Å²) < 4.78 is 8.85. The summed E-state index contributed by atoms with van der Waals surface area (Å²) in [6.45, 7) is 1.87. The summed E-state index contributed by atoms with van der Waals surface area (Å²) in [7, 11) is 1.61. The van der Waals surface area contributed by atoms with Crippen molar-refractivity contribution in [2.24, 2.45) is 0 Å². The predicted molar refractivity (Wildman–Crippen MR) is 119 cm³/mol. The Morgan fingerprint density at radius 3 is 2.60 bits per heavy atom. The molecule has 0 spiro atoms. The zero-order chi connectivity index (χ0) is 21.3. The van der Waals surface area contributed by atoms with Gasteiger partial charge in [-0.3, -0.25) is 9.59 Å². The fraction of sp³-hybridized carbons (Fsp3) is 0.136. The highest BCUT2D eigenvalue weighted by atomic mass is 79.9. The minimum absolute atomic E-state index is 0.0985. The van der Waals surface area contributed by atoms with Gasteiger partial charge in [-0.25, -0.2) is 4.52 Å². The average molecular weight is 467 g/mol. The highest BCUT2D eigenvalue weighted by molar-refractivity contribution is 9.10. The Bertz CT molecular complexity index is 1290. The second kappa shape index (κ2) is 8.16. The van der Waals surface area contributed by atoms with Gasteiger partial charge < -0.3 is 14.6 Å². The van der Waals surface area contributed by atoms with E-state index in [-0.39, 0.29) is 18.0 Å². The minimum Gasteiger partial charge on any atom is -0.497 e. The third-order valence-corrected chi connectivity index (χ3v) is 5.36. The molecule has 2 aromatic heterocycles. The number of fused-ring (bicyclic) bond motifs is 1. The lowest BCUT2D eigenvalue weighted by Crippen LogP contribution is -2.28. The largest absolute Gasteiger partial charge is 0.497 e. The Morgan fingerprint density at radius 1 is 1.13 bits per heavy atom. The first-order valence-electron chi connectivity index (χ1n) is 9.24. The molecule has 152 valence electrons. The summed E-state index contributed by atoms with van der Waals surface area (Å²) in [5.41, 5.74) is 3.38. The molecule has 0 aliphatic rings. The normalized spacial score (nSPS) is 10.9. The first-order chi connectivity index (χ1) is 14.4. The van der Waals surface area contributed by atoms with E-state index in [1.54, 1.807) is 25.6 Å². The zero-order valence-electron chi connectivity index (χ0n) is 16.4. The van der Waals surface area contributed by atoms with Crippen molar-refractivity contribution < 1.29 is 9.53 Å². The molecule has 0 bridgehead atoms. The molecule has 0 aliphatic carbocycles. The highest BCUT2D eigenvalue weighted by Crippen LogP contribution is 2.23. The molecule has 1 amide bonds. The molecule has 0 fully saturated rings. The number of nitrogens with one attached hydrogen (secondary N) is 1. The number of nitrogens with zero attached hydrogens (tertiary/aromatic N) is 3. The van der Waals surface area contributed by atoms with E-state index >= 15 is 0 Å². The van der Waals surface area contributed by atoms with Crippen LogP contribution in [0.3, 0.4) is 0 Å². The number of aryl methyl sites for hydroxylation is 1. The zero-order valence-corrected chi connectivity index (χ0v) is 18.0. The summed E-state index contributed by atoms with van der Waals surface area (Å²) in [6.07, 6.45) is 3.22. The van der Waals surface area contributed by atoms with Gasteiger partial charge in [0.05, 0.1) is 18.5 Å². The first kappa shape index (κ1) is 19.9.